The van der Waals surface area contributed by atoms with E-state index in [1.54, 1.807) is 30.4 Å². The number of anilines is 2. The fourth-order valence-corrected chi connectivity index (χ4v) is 2.07. The van der Waals surface area contributed by atoms with Gasteiger partial charge in [-0.15, -0.1) is 0 Å². The minimum Gasteiger partial charge on any atom is -0.373 e. The van der Waals surface area contributed by atoms with Crippen LogP contribution in [0.1, 0.15) is 32.3 Å². The summed E-state index contributed by atoms with van der Waals surface area (Å²) in [5.74, 6) is 1.11. The van der Waals surface area contributed by atoms with Crippen LogP contribution in [0.5, 0.6) is 0 Å². The van der Waals surface area contributed by atoms with E-state index in [0.717, 1.165) is 17.1 Å². The predicted octanol–water partition coefficient (Wildman–Crippen LogP) is 3.08. The van der Waals surface area contributed by atoms with Crippen molar-refractivity contribution in [1.82, 2.24) is 9.97 Å². The highest BCUT2D eigenvalue weighted by atomic mass is 16.3. The van der Waals surface area contributed by atoms with Crippen LogP contribution >= 0.6 is 0 Å². The van der Waals surface area contributed by atoms with Crippen LogP contribution in [0.3, 0.4) is 0 Å². The first-order valence-corrected chi connectivity index (χ1v) is 6.43. The molecule has 0 amide bonds. The zero-order chi connectivity index (χ0) is 13.8. The molecule has 19 heavy (non-hydrogen) atoms. The van der Waals surface area contributed by atoms with Crippen LogP contribution in [0.2, 0.25) is 0 Å². The number of aliphatic hydroxyl groups is 1. The fraction of sp³-hybridized carbons (Fsp3) is 0.333. The Kier molecular flexibility index (Phi) is 4.12. The van der Waals surface area contributed by atoms with Gasteiger partial charge in [-0.3, -0.25) is 9.88 Å². The van der Waals surface area contributed by atoms with E-state index >= 15 is 0 Å². The van der Waals surface area contributed by atoms with Crippen molar-refractivity contribution in [3.8, 4) is 0 Å². The van der Waals surface area contributed by atoms with Crippen molar-refractivity contribution in [2.75, 3.05) is 4.90 Å². The zero-order valence-electron chi connectivity index (χ0n) is 11.5. The van der Waals surface area contributed by atoms with Gasteiger partial charge in [-0.25, -0.2) is 4.98 Å². The molecule has 0 spiro atoms. The number of hydrogen-bond donors (Lipinski definition) is 1. The highest BCUT2D eigenvalue weighted by Crippen LogP contribution is 2.31. The molecule has 0 aromatic carbocycles. The van der Waals surface area contributed by atoms with Crippen LogP contribution in [0.15, 0.2) is 42.9 Å². The fourth-order valence-electron chi connectivity index (χ4n) is 2.07. The molecule has 0 radical (unpaired) electrons. The average molecular weight is 257 g/mol. The molecule has 2 aromatic rings. The predicted molar refractivity (Wildman–Crippen MR) is 76.4 cm³/mol. The summed E-state index contributed by atoms with van der Waals surface area (Å²) in [7, 11) is 0. The molecule has 4 nitrogen and oxygen atoms in total. The Balaban J connectivity index is 2.52. The Labute approximate surface area is 113 Å². The standard InChI is InChI=1S/C15H19N3O/c1-11(2)14-7-5-9-17-15(14)18(12(3)19)13-6-4-8-16-10-13/h4-12,19H,1-3H3. The third-order valence-corrected chi connectivity index (χ3v) is 2.96. The molecule has 0 saturated carbocycles. The lowest BCUT2D eigenvalue weighted by atomic mass is 10.0. The summed E-state index contributed by atoms with van der Waals surface area (Å²) in [6.07, 6.45) is 4.51. The SMILES string of the molecule is CC(C)c1cccnc1N(c1cccnc1)C(C)O. The number of nitrogens with zero attached hydrogens (tertiary/aromatic N) is 3. The van der Waals surface area contributed by atoms with Crippen LogP contribution < -0.4 is 4.90 Å². The molecule has 100 valence electrons. The highest BCUT2D eigenvalue weighted by Gasteiger charge is 2.20. The number of pyridine rings is 2. The van der Waals surface area contributed by atoms with Crippen molar-refractivity contribution in [3.63, 3.8) is 0 Å². The molecule has 0 saturated heterocycles. The maximum Gasteiger partial charge on any atom is 0.138 e. The van der Waals surface area contributed by atoms with Gasteiger partial charge in [0.2, 0.25) is 0 Å². The Bertz CT molecular complexity index is 526. The smallest absolute Gasteiger partial charge is 0.138 e. The van der Waals surface area contributed by atoms with Gasteiger partial charge in [-0.1, -0.05) is 19.9 Å². The number of hydrogen-bond acceptors (Lipinski definition) is 4. The molecular weight excluding hydrogens is 238 g/mol. The van der Waals surface area contributed by atoms with Gasteiger partial charge in [0.15, 0.2) is 0 Å². The highest BCUT2D eigenvalue weighted by molar-refractivity contribution is 5.62. The first-order chi connectivity index (χ1) is 9.11. The van der Waals surface area contributed by atoms with Gasteiger partial charge in [-0.05, 0) is 36.6 Å². The minimum atomic E-state index is -0.670. The molecule has 2 heterocycles. The lowest BCUT2D eigenvalue weighted by molar-refractivity contribution is 0.200. The third-order valence-electron chi connectivity index (χ3n) is 2.96. The minimum absolute atomic E-state index is 0.335. The summed E-state index contributed by atoms with van der Waals surface area (Å²) in [6, 6.07) is 7.72. The van der Waals surface area contributed by atoms with E-state index in [9.17, 15) is 5.11 Å². The quantitative estimate of drug-likeness (QED) is 0.855. The molecular formula is C15H19N3O. The summed E-state index contributed by atoms with van der Waals surface area (Å²) in [6.45, 7) is 5.96. The molecule has 0 aliphatic heterocycles. The van der Waals surface area contributed by atoms with E-state index in [1.807, 2.05) is 24.3 Å². The molecule has 1 N–H and O–H groups in total. The van der Waals surface area contributed by atoms with E-state index in [-0.39, 0.29) is 0 Å². The molecule has 0 aliphatic carbocycles. The topological polar surface area (TPSA) is 49.2 Å². The van der Waals surface area contributed by atoms with Gasteiger partial charge < -0.3 is 5.11 Å². The number of aromatic nitrogens is 2. The molecule has 4 heteroatoms. The summed E-state index contributed by atoms with van der Waals surface area (Å²) >= 11 is 0. The largest absolute Gasteiger partial charge is 0.373 e. The van der Waals surface area contributed by atoms with Crippen molar-refractivity contribution in [1.29, 1.82) is 0 Å². The molecule has 1 atom stereocenters. The van der Waals surface area contributed by atoms with Crippen LogP contribution in [0.25, 0.3) is 0 Å². The van der Waals surface area contributed by atoms with E-state index in [0.29, 0.717) is 5.92 Å². The molecule has 0 fully saturated rings. The lowest BCUT2D eigenvalue weighted by Crippen LogP contribution is -2.29. The molecule has 1 unspecified atom stereocenters. The van der Waals surface area contributed by atoms with Crippen molar-refractivity contribution >= 4 is 11.5 Å². The molecule has 0 aliphatic rings. The summed E-state index contributed by atoms with van der Waals surface area (Å²) < 4.78 is 0. The van der Waals surface area contributed by atoms with Crippen molar-refractivity contribution < 1.29 is 5.11 Å². The van der Waals surface area contributed by atoms with Gasteiger partial charge in [0.05, 0.1) is 11.9 Å². The summed E-state index contributed by atoms with van der Waals surface area (Å²) in [5.41, 5.74) is 1.94. The van der Waals surface area contributed by atoms with Gasteiger partial charge in [0.25, 0.3) is 0 Å². The normalized spacial score (nSPS) is 12.5. The maximum atomic E-state index is 10.1. The summed E-state index contributed by atoms with van der Waals surface area (Å²) in [4.78, 5) is 10.3. The van der Waals surface area contributed by atoms with Gasteiger partial charge in [0.1, 0.15) is 12.0 Å². The lowest BCUT2D eigenvalue weighted by Gasteiger charge is -2.29. The van der Waals surface area contributed by atoms with Gasteiger partial charge >= 0.3 is 0 Å². The Morgan fingerprint density at radius 3 is 2.42 bits per heavy atom. The molecule has 2 rings (SSSR count). The second kappa shape index (κ2) is 5.80. The van der Waals surface area contributed by atoms with E-state index < -0.39 is 6.23 Å². The second-order valence-electron chi connectivity index (χ2n) is 4.78. The van der Waals surface area contributed by atoms with E-state index in [2.05, 4.69) is 23.8 Å². The first kappa shape index (κ1) is 13.5. The number of rotatable bonds is 4. The van der Waals surface area contributed by atoms with Gasteiger partial charge in [0, 0.05) is 12.4 Å². The summed E-state index contributed by atoms with van der Waals surface area (Å²) in [5, 5.41) is 10.1. The first-order valence-electron chi connectivity index (χ1n) is 6.43. The van der Waals surface area contributed by atoms with Gasteiger partial charge in [-0.2, -0.15) is 0 Å². The van der Waals surface area contributed by atoms with Crippen molar-refractivity contribution in [3.05, 3.63) is 48.4 Å². The second-order valence-corrected chi connectivity index (χ2v) is 4.78. The maximum absolute atomic E-state index is 10.1. The van der Waals surface area contributed by atoms with Crippen molar-refractivity contribution in [2.24, 2.45) is 0 Å². The van der Waals surface area contributed by atoms with Crippen LogP contribution in [0.4, 0.5) is 11.5 Å². The Morgan fingerprint density at radius 2 is 1.84 bits per heavy atom. The van der Waals surface area contributed by atoms with Crippen LogP contribution in [0, 0.1) is 0 Å². The van der Waals surface area contributed by atoms with E-state index in [4.69, 9.17) is 0 Å². The molecule has 0 bridgehead atoms. The third kappa shape index (κ3) is 2.90. The average Bonchev–Trinajstić information content (AvgIpc) is 2.40. The van der Waals surface area contributed by atoms with Crippen LogP contribution in [-0.4, -0.2) is 21.3 Å². The molecule has 2 aromatic heterocycles. The van der Waals surface area contributed by atoms with Crippen molar-refractivity contribution in [2.45, 2.75) is 32.9 Å². The monoisotopic (exact) mass is 257 g/mol. The van der Waals surface area contributed by atoms with E-state index in [1.165, 1.54) is 0 Å². The van der Waals surface area contributed by atoms with Crippen LogP contribution in [-0.2, 0) is 0 Å². The zero-order valence-corrected chi connectivity index (χ0v) is 11.5. The Hall–Kier alpha value is -1.94. The number of aliphatic hydroxyl groups excluding tert-OH is 1. The Morgan fingerprint density at radius 1 is 1.11 bits per heavy atom.